The van der Waals surface area contributed by atoms with Gasteiger partial charge in [-0.25, -0.2) is 4.98 Å². The summed E-state index contributed by atoms with van der Waals surface area (Å²) < 4.78 is 19.3. The Kier molecular flexibility index (Phi) is 5.44. The molecule has 0 saturated carbocycles. The third kappa shape index (κ3) is 4.09. The smallest absolute Gasteiger partial charge is 0.202 e. The molecule has 2 aromatic carbocycles. The third-order valence-electron chi connectivity index (χ3n) is 4.52. The summed E-state index contributed by atoms with van der Waals surface area (Å²) in [5.74, 6) is 0.562. The highest BCUT2D eigenvalue weighted by molar-refractivity contribution is 9.10. The SMILES string of the molecule is N#Cc1ccc([C@@]2(Cc3ncc[nH]3)OC[C@@H](COc3ccc(Br)cc3)O2)cc1. The number of benzene rings is 2. The normalized spacial score (nSPS) is 21.4. The predicted octanol–water partition coefficient (Wildman–Crippen LogP) is 3.93. The summed E-state index contributed by atoms with van der Waals surface area (Å²) in [6, 6.07) is 17.0. The molecule has 0 radical (unpaired) electrons. The molecule has 142 valence electrons. The number of aromatic amines is 1. The number of nitriles is 1. The lowest BCUT2D eigenvalue weighted by atomic mass is 10.0. The van der Waals surface area contributed by atoms with Crippen molar-refractivity contribution >= 4 is 15.9 Å². The number of hydrogen-bond acceptors (Lipinski definition) is 5. The first kappa shape index (κ1) is 18.7. The van der Waals surface area contributed by atoms with Crippen LogP contribution in [0.2, 0.25) is 0 Å². The minimum atomic E-state index is -0.973. The summed E-state index contributed by atoms with van der Waals surface area (Å²) >= 11 is 3.41. The van der Waals surface area contributed by atoms with E-state index in [1.54, 1.807) is 24.5 Å². The molecule has 2 heterocycles. The van der Waals surface area contributed by atoms with Gasteiger partial charge in [-0.3, -0.25) is 0 Å². The van der Waals surface area contributed by atoms with Crippen molar-refractivity contribution in [3.63, 3.8) is 0 Å². The average Bonchev–Trinajstić information content (AvgIpc) is 3.39. The van der Waals surface area contributed by atoms with E-state index in [4.69, 9.17) is 19.5 Å². The molecule has 1 N–H and O–H groups in total. The third-order valence-corrected chi connectivity index (χ3v) is 5.05. The minimum absolute atomic E-state index is 0.228. The summed E-state index contributed by atoms with van der Waals surface area (Å²) in [4.78, 5) is 7.41. The second-order valence-corrected chi connectivity index (χ2v) is 7.39. The number of halogens is 1. The Balaban J connectivity index is 1.51. The van der Waals surface area contributed by atoms with Crippen LogP contribution in [0.5, 0.6) is 5.75 Å². The Morgan fingerprint density at radius 3 is 2.68 bits per heavy atom. The van der Waals surface area contributed by atoms with Gasteiger partial charge in [0.25, 0.3) is 0 Å². The number of nitrogens with zero attached hydrogens (tertiary/aromatic N) is 2. The molecular weight excluding hydrogens is 422 g/mol. The number of imidazole rings is 1. The number of nitrogens with one attached hydrogen (secondary N) is 1. The molecule has 2 atom stereocenters. The molecule has 1 aliphatic heterocycles. The van der Waals surface area contributed by atoms with E-state index in [0.717, 1.165) is 21.6 Å². The van der Waals surface area contributed by atoms with Gasteiger partial charge in [-0.1, -0.05) is 28.1 Å². The second kappa shape index (κ2) is 8.15. The molecule has 0 bridgehead atoms. The van der Waals surface area contributed by atoms with Crippen molar-refractivity contribution in [1.29, 1.82) is 5.26 Å². The molecule has 6 nitrogen and oxygen atoms in total. The van der Waals surface area contributed by atoms with Gasteiger partial charge < -0.3 is 19.2 Å². The van der Waals surface area contributed by atoms with E-state index in [2.05, 4.69) is 32.0 Å². The molecular formula is C21H18BrN3O3. The van der Waals surface area contributed by atoms with E-state index in [1.807, 2.05) is 36.4 Å². The highest BCUT2D eigenvalue weighted by Crippen LogP contribution is 2.37. The van der Waals surface area contributed by atoms with Crippen molar-refractivity contribution in [3.05, 3.63) is 82.3 Å². The lowest BCUT2D eigenvalue weighted by molar-refractivity contribution is -0.179. The molecule has 1 aromatic heterocycles. The fourth-order valence-electron chi connectivity index (χ4n) is 3.13. The van der Waals surface area contributed by atoms with E-state index in [-0.39, 0.29) is 6.10 Å². The first-order chi connectivity index (χ1) is 13.7. The molecule has 1 aliphatic rings. The minimum Gasteiger partial charge on any atom is -0.491 e. The average molecular weight is 440 g/mol. The fraction of sp³-hybridized carbons (Fsp3) is 0.238. The van der Waals surface area contributed by atoms with Crippen LogP contribution in [0.3, 0.4) is 0 Å². The van der Waals surface area contributed by atoms with Gasteiger partial charge >= 0.3 is 0 Å². The molecule has 1 saturated heterocycles. The van der Waals surface area contributed by atoms with Gasteiger partial charge in [0.1, 0.15) is 24.3 Å². The number of rotatable bonds is 6. The molecule has 7 heteroatoms. The first-order valence-corrected chi connectivity index (χ1v) is 9.65. The van der Waals surface area contributed by atoms with E-state index in [9.17, 15) is 0 Å². The van der Waals surface area contributed by atoms with Crippen molar-refractivity contribution in [2.75, 3.05) is 13.2 Å². The zero-order valence-electron chi connectivity index (χ0n) is 15.0. The maximum absolute atomic E-state index is 9.06. The van der Waals surface area contributed by atoms with Crippen LogP contribution in [0.25, 0.3) is 0 Å². The second-order valence-electron chi connectivity index (χ2n) is 6.47. The molecule has 0 amide bonds. The number of aromatic nitrogens is 2. The zero-order chi connectivity index (χ0) is 19.4. The molecule has 0 spiro atoms. The van der Waals surface area contributed by atoms with Crippen LogP contribution in [0.15, 0.2) is 65.4 Å². The Bertz CT molecular complexity index is 952. The van der Waals surface area contributed by atoms with Gasteiger partial charge in [0.05, 0.1) is 24.7 Å². The molecule has 4 rings (SSSR count). The zero-order valence-corrected chi connectivity index (χ0v) is 16.6. The summed E-state index contributed by atoms with van der Waals surface area (Å²) in [6.07, 6.45) is 3.67. The van der Waals surface area contributed by atoms with E-state index in [1.165, 1.54) is 0 Å². The summed E-state index contributed by atoms with van der Waals surface area (Å²) in [5.41, 5.74) is 1.43. The van der Waals surface area contributed by atoms with Gasteiger partial charge in [0.15, 0.2) is 0 Å². The van der Waals surface area contributed by atoms with Crippen molar-refractivity contribution in [2.45, 2.75) is 18.3 Å². The fourth-order valence-corrected chi connectivity index (χ4v) is 3.39. The lowest BCUT2D eigenvalue weighted by Crippen LogP contribution is -2.32. The van der Waals surface area contributed by atoms with Crippen molar-refractivity contribution < 1.29 is 14.2 Å². The van der Waals surface area contributed by atoms with Crippen molar-refractivity contribution in [1.82, 2.24) is 9.97 Å². The highest BCUT2D eigenvalue weighted by Gasteiger charge is 2.44. The molecule has 0 unspecified atom stereocenters. The quantitative estimate of drug-likeness (QED) is 0.628. The van der Waals surface area contributed by atoms with Crippen LogP contribution >= 0.6 is 15.9 Å². The standard InChI is InChI=1S/C21H18BrN3O3/c22-17-5-7-18(8-6-17)26-13-19-14-27-21(28-19,11-20-24-9-10-25-20)16-3-1-15(12-23)2-4-16/h1-10,19H,11,13-14H2,(H,24,25)/t19-,21+/m1/s1. The topological polar surface area (TPSA) is 80.2 Å². The largest absolute Gasteiger partial charge is 0.491 e. The maximum atomic E-state index is 9.06. The first-order valence-electron chi connectivity index (χ1n) is 8.86. The van der Waals surface area contributed by atoms with Crippen LogP contribution in [0.4, 0.5) is 0 Å². The summed E-state index contributed by atoms with van der Waals surface area (Å²) in [6.45, 7) is 0.773. The van der Waals surface area contributed by atoms with Gasteiger partial charge in [-0.2, -0.15) is 5.26 Å². The van der Waals surface area contributed by atoms with Crippen LogP contribution in [0, 0.1) is 11.3 Å². The molecule has 1 fully saturated rings. The van der Waals surface area contributed by atoms with Gasteiger partial charge in [-0.15, -0.1) is 0 Å². The Morgan fingerprint density at radius 1 is 1.21 bits per heavy atom. The summed E-state index contributed by atoms with van der Waals surface area (Å²) in [7, 11) is 0. The Labute approximate surface area is 171 Å². The lowest BCUT2D eigenvalue weighted by Gasteiger charge is -2.28. The van der Waals surface area contributed by atoms with Gasteiger partial charge in [0.2, 0.25) is 5.79 Å². The van der Waals surface area contributed by atoms with Crippen LogP contribution in [0.1, 0.15) is 17.0 Å². The predicted molar refractivity (Wildman–Crippen MR) is 106 cm³/mol. The maximum Gasteiger partial charge on any atom is 0.202 e. The highest BCUT2D eigenvalue weighted by atomic mass is 79.9. The number of H-pyrrole nitrogens is 1. The number of hydrogen-bond donors (Lipinski definition) is 1. The van der Waals surface area contributed by atoms with E-state index >= 15 is 0 Å². The van der Waals surface area contributed by atoms with E-state index in [0.29, 0.717) is 25.2 Å². The van der Waals surface area contributed by atoms with Crippen molar-refractivity contribution in [3.8, 4) is 11.8 Å². The van der Waals surface area contributed by atoms with Gasteiger partial charge in [0, 0.05) is 22.4 Å². The van der Waals surface area contributed by atoms with Crippen molar-refractivity contribution in [2.24, 2.45) is 0 Å². The monoisotopic (exact) mass is 439 g/mol. The van der Waals surface area contributed by atoms with Crippen LogP contribution in [-0.4, -0.2) is 29.3 Å². The van der Waals surface area contributed by atoms with Gasteiger partial charge in [-0.05, 0) is 36.4 Å². The Hall–Kier alpha value is -2.66. The molecule has 3 aromatic rings. The van der Waals surface area contributed by atoms with Crippen LogP contribution in [-0.2, 0) is 21.7 Å². The molecule has 28 heavy (non-hydrogen) atoms. The Morgan fingerprint density at radius 2 is 2.00 bits per heavy atom. The van der Waals surface area contributed by atoms with Crippen LogP contribution < -0.4 is 4.74 Å². The van der Waals surface area contributed by atoms with E-state index < -0.39 is 5.79 Å². The molecule has 0 aliphatic carbocycles. The number of ether oxygens (including phenoxy) is 3. The summed E-state index contributed by atoms with van der Waals surface area (Å²) in [5, 5.41) is 9.06.